The predicted molar refractivity (Wildman–Crippen MR) is 116 cm³/mol. The first-order chi connectivity index (χ1) is 14.7. The van der Waals surface area contributed by atoms with Crippen molar-refractivity contribution in [2.24, 2.45) is 0 Å². The summed E-state index contributed by atoms with van der Waals surface area (Å²) >= 11 is 0. The van der Waals surface area contributed by atoms with E-state index in [0.29, 0.717) is 18.3 Å². The number of anilines is 3. The summed E-state index contributed by atoms with van der Waals surface area (Å²) in [5, 5.41) is 3.19. The number of hydrogen-bond acceptors (Lipinski definition) is 8. The van der Waals surface area contributed by atoms with Crippen LogP contribution in [0.15, 0.2) is 48.5 Å². The molecule has 8 nitrogen and oxygen atoms in total. The van der Waals surface area contributed by atoms with E-state index in [9.17, 15) is 0 Å². The first kappa shape index (κ1) is 19.9. The molecule has 2 aromatic carbocycles. The summed E-state index contributed by atoms with van der Waals surface area (Å²) < 4.78 is 11.0. The number of methoxy groups -OCH3 is 2. The average Bonchev–Trinajstić information content (AvgIpc) is 3.21. The van der Waals surface area contributed by atoms with Crippen molar-refractivity contribution in [1.82, 2.24) is 19.9 Å². The van der Waals surface area contributed by atoms with E-state index in [2.05, 4.69) is 25.2 Å². The number of aromatic nitrogens is 3. The van der Waals surface area contributed by atoms with Gasteiger partial charge in [0.25, 0.3) is 0 Å². The predicted octanol–water partition coefficient (Wildman–Crippen LogP) is 3.55. The number of nitrogen functional groups attached to an aromatic ring is 1. The highest BCUT2D eigenvalue weighted by Crippen LogP contribution is 2.39. The topological polar surface area (TPSA) is 98.4 Å². The van der Waals surface area contributed by atoms with Crippen molar-refractivity contribution in [3.63, 3.8) is 0 Å². The van der Waals surface area contributed by atoms with Gasteiger partial charge in [-0.3, -0.25) is 4.90 Å². The standard InChI is InChI=1S/C22H26N6O2/c1-29-16-10-11-19(30-2)17(13-16)18-9-6-12-28(18)14-20-25-21(23)27-22(26-20)24-15-7-4-3-5-8-15/h3-5,7-8,10-11,13,18H,6,9,12,14H2,1-2H3,(H3,23,24,25,26,27)/t18-/m0/s1. The number of hydrogen-bond donors (Lipinski definition) is 2. The normalized spacial score (nSPS) is 16.4. The van der Waals surface area contributed by atoms with Crippen molar-refractivity contribution < 1.29 is 9.47 Å². The zero-order valence-electron chi connectivity index (χ0n) is 17.2. The van der Waals surface area contributed by atoms with Crippen molar-refractivity contribution in [3.05, 3.63) is 59.9 Å². The molecule has 30 heavy (non-hydrogen) atoms. The number of likely N-dealkylation sites (tertiary alicyclic amines) is 1. The number of para-hydroxylation sites is 1. The molecule has 0 amide bonds. The average molecular weight is 406 g/mol. The van der Waals surface area contributed by atoms with Gasteiger partial charge in [0.05, 0.1) is 20.8 Å². The molecule has 0 aliphatic carbocycles. The maximum Gasteiger partial charge on any atom is 0.232 e. The fourth-order valence-electron chi connectivity index (χ4n) is 3.86. The minimum absolute atomic E-state index is 0.193. The van der Waals surface area contributed by atoms with Crippen LogP contribution in [0.25, 0.3) is 0 Å². The largest absolute Gasteiger partial charge is 0.497 e. The fourth-order valence-corrected chi connectivity index (χ4v) is 3.86. The van der Waals surface area contributed by atoms with Gasteiger partial charge in [0.1, 0.15) is 17.3 Å². The molecule has 2 heterocycles. The summed E-state index contributed by atoms with van der Waals surface area (Å²) in [7, 11) is 3.37. The molecule has 1 atom stereocenters. The quantitative estimate of drug-likeness (QED) is 0.615. The van der Waals surface area contributed by atoms with Crippen LogP contribution in [0.5, 0.6) is 11.5 Å². The minimum Gasteiger partial charge on any atom is -0.497 e. The van der Waals surface area contributed by atoms with E-state index in [0.717, 1.165) is 42.1 Å². The van der Waals surface area contributed by atoms with Gasteiger partial charge in [-0.1, -0.05) is 18.2 Å². The van der Waals surface area contributed by atoms with E-state index < -0.39 is 0 Å². The molecular formula is C22H26N6O2. The summed E-state index contributed by atoms with van der Waals surface area (Å²) in [6.07, 6.45) is 2.11. The van der Waals surface area contributed by atoms with Gasteiger partial charge in [0.2, 0.25) is 11.9 Å². The maximum absolute atomic E-state index is 5.96. The molecule has 1 aromatic heterocycles. The van der Waals surface area contributed by atoms with Gasteiger partial charge in [0, 0.05) is 17.3 Å². The highest BCUT2D eigenvalue weighted by molar-refractivity contribution is 5.53. The van der Waals surface area contributed by atoms with Gasteiger partial charge in [0.15, 0.2) is 0 Å². The van der Waals surface area contributed by atoms with Crippen LogP contribution in [0.4, 0.5) is 17.6 Å². The molecule has 0 saturated carbocycles. The van der Waals surface area contributed by atoms with Crippen molar-refractivity contribution >= 4 is 17.6 Å². The van der Waals surface area contributed by atoms with Crippen molar-refractivity contribution in [3.8, 4) is 11.5 Å². The lowest BCUT2D eigenvalue weighted by atomic mass is 10.0. The zero-order chi connectivity index (χ0) is 20.9. The second-order valence-corrected chi connectivity index (χ2v) is 7.16. The summed E-state index contributed by atoms with van der Waals surface area (Å²) in [6, 6.07) is 15.9. The van der Waals surface area contributed by atoms with E-state index in [1.165, 1.54) is 0 Å². The minimum atomic E-state index is 0.193. The van der Waals surface area contributed by atoms with Crippen LogP contribution in [-0.2, 0) is 6.54 Å². The van der Waals surface area contributed by atoms with Crippen LogP contribution in [0.3, 0.4) is 0 Å². The third-order valence-electron chi connectivity index (χ3n) is 5.23. The molecule has 0 bridgehead atoms. The summed E-state index contributed by atoms with van der Waals surface area (Å²) in [5.74, 6) is 2.95. The first-order valence-corrected chi connectivity index (χ1v) is 9.94. The van der Waals surface area contributed by atoms with E-state index in [1.807, 2.05) is 48.5 Å². The monoisotopic (exact) mass is 406 g/mol. The molecule has 3 N–H and O–H groups in total. The number of nitrogens with zero attached hydrogens (tertiary/aromatic N) is 4. The van der Waals surface area contributed by atoms with Crippen LogP contribution >= 0.6 is 0 Å². The number of benzene rings is 2. The van der Waals surface area contributed by atoms with Gasteiger partial charge in [-0.25, -0.2) is 0 Å². The SMILES string of the molecule is COc1ccc(OC)c([C@@H]2CCCN2Cc2nc(N)nc(Nc3ccccc3)n2)c1. The van der Waals surface area contributed by atoms with E-state index >= 15 is 0 Å². The molecule has 3 aromatic rings. The Hall–Kier alpha value is -3.39. The van der Waals surface area contributed by atoms with Gasteiger partial charge < -0.3 is 20.5 Å². The summed E-state index contributed by atoms with van der Waals surface area (Å²) in [4.78, 5) is 15.5. The number of rotatable bonds is 7. The van der Waals surface area contributed by atoms with Crippen LogP contribution in [-0.4, -0.2) is 40.6 Å². The maximum atomic E-state index is 5.96. The Morgan fingerprint density at radius 3 is 2.67 bits per heavy atom. The fraction of sp³-hybridized carbons (Fsp3) is 0.318. The Kier molecular flexibility index (Phi) is 5.94. The van der Waals surface area contributed by atoms with Crippen LogP contribution in [0.1, 0.15) is 30.3 Å². The van der Waals surface area contributed by atoms with E-state index in [4.69, 9.17) is 15.2 Å². The molecular weight excluding hydrogens is 380 g/mol. The Balaban J connectivity index is 1.56. The lowest BCUT2D eigenvalue weighted by Gasteiger charge is -2.26. The Labute approximate surface area is 176 Å². The molecule has 4 rings (SSSR count). The molecule has 8 heteroatoms. The lowest BCUT2D eigenvalue weighted by Crippen LogP contribution is -2.25. The molecule has 0 radical (unpaired) electrons. The van der Waals surface area contributed by atoms with Crippen LogP contribution < -0.4 is 20.5 Å². The van der Waals surface area contributed by atoms with Gasteiger partial charge in [-0.15, -0.1) is 0 Å². The molecule has 1 fully saturated rings. The van der Waals surface area contributed by atoms with E-state index in [-0.39, 0.29) is 12.0 Å². The first-order valence-electron chi connectivity index (χ1n) is 9.94. The summed E-state index contributed by atoms with van der Waals surface area (Å²) in [6.45, 7) is 1.51. The summed E-state index contributed by atoms with van der Waals surface area (Å²) in [5.41, 5.74) is 7.97. The van der Waals surface area contributed by atoms with Crippen LogP contribution in [0.2, 0.25) is 0 Å². The molecule has 0 spiro atoms. The Morgan fingerprint density at radius 1 is 1.07 bits per heavy atom. The molecule has 1 saturated heterocycles. The smallest absolute Gasteiger partial charge is 0.232 e. The number of nitrogens with two attached hydrogens (primary N) is 1. The molecule has 1 aliphatic heterocycles. The molecule has 156 valence electrons. The van der Waals surface area contributed by atoms with Crippen LogP contribution in [0, 0.1) is 0 Å². The lowest BCUT2D eigenvalue weighted by molar-refractivity contribution is 0.236. The molecule has 1 aliphatic rings. The van der Waals surface area contributed by atoms with Crippen molar-refractivity contribution in [2.75, 3.05) is 31.8 Å². The van der Waals surface area contributed by atoms with Gasteiger partial charge >= 0.3 is 0 Å². The Bertz CT molecular complexity index is 998. The second-order valence-electron chi connectivity index (χ2n) is 7.16. The van der Waals surface area contributed by atoms with Gasteiger partial charge in [-0.05, 0) is 49.7 Å². The number of ether oxygens (including phenoxy) is 2. The third kappa shape index (κ3) is 4.44. The van der Waals surface area contributed by atoms with Crippen molar-refractivity contribution in [2.45, 2.75) is 25.4 Å². The third-order valence-corrected chi connectivity index (χ3v) is 5.23. The molecule has 0 unspecified atom stereocenters. The Morgan fingerprint density at radius 2 is 1.90 bits per heavy atom. The van der Waals surface area contributed by atoms with E-state index in [1.54, 1.807) is 14.2 Å². The zero-order valence-corrected chi connectivity index (χ0v) is 17.2. The highest BCUT2D eigenvalue weighted by Gasteiger charge is 2.29. The second kappa shape index (κ2) is 8.96. The highest BCUT2D eigenvalue weighted by atomic mass is 16.5. The van der Waals surface area contributed by atoms with Crippen molar-refractivity contribution in [1.29, 1.82) is 0 Å². The number of nitrogens with one attached hydrogen (secondary N) is 1. The van der Waals surface area contributed by atoms with Gasteiger partial charge in [-0.2, -0.15) is 15.0 Å².